The molecule has 1 aromatic heterocycles. The zero-order chi connectivity index (χ0) is 14.2. The van der Waals surface area contributed by atoms with Gasteiger partial charge in [0, 0.05) is 12.7 Å². The highest BCUT2D eigenvalue weighted by Crippen LogP contribution is 2.28. The smallest absolute Gasteiger partial charge is 0.325 e. The van der Waals surface area contributed by atoms with Gasteiger partial charge >= 0.3 is 5.69 Å². The van der Waals surface area contributed by atoms with Gasteiger partial charge in [-0.2, -0.15) is 4.31 Å². The molecular formula is C10H15N3O5S. The van der Waals surface area contributed by atoms with Crippen LogP contribution in [0.4, 0.5) is 0 Å². The SMILES string of the molecule is CC1CCN(S(=O)(=O)c2c[nH]c(=O)[nH]c2=O)C1CO. The van der Waals surface area contributed by atoms with Gasteiger partial charge in [0.05, 0.1) is 12.6 Å². The van der Waals surface area contributed by atoms with Gasteiger partial charge in [0.1, 0.15) is 0 Å². The molecule has 3 N–H and O–H groups in total. The predicted molar refractivity (Wildman–Crippen MR) is 66.2 cm³/mol. The van der Waals surface area contributed by atoms with E-state index >= 15 is 0 Å². The summed E-state index contributed by atoms with van der Waals surface area (Å²) in [4.78, 5) is 26.0. The third-order valence-electron chi connectivity index (χ3n) is 3.39. The molecule has 0 aliphatic carbocycles. The van der Waals surface area contributed by atoms with Crippen molar-refractivity contribution < 1.29 is 13.5 Å². The Morgan fingerprint density at radius 2 is 2.16 bits per heavy atom. The van der Waals surface area contributed by atoms with Gasteiger partial charge in [-0.15, -0.1) is 0 Å². The average Bonchev–Trinajstić information content (AvgIpc) is 2.70. The largest absolute Gasteiger partial charge is 0.395 e. The maximum Gasteiger partial charge on any atom is 0.325 e. The molecule has 0 saturated carbocycles. The number of nitrogens with one attached hydrogen (secondary N) is 2. The molecular weight excluding hydrogens is 274 g/mol. The third kappa shape index (κ3) is 2.36. The summed E-state index contributed by atoms with van der Waals surface area (Å²) < 4.78 is 25.8. The van der Waals surface area contributed by atoms with E-state index in [9.17, 15) is 23.1 Å². The maximum absolute atomic E-state index is 12.4. The second kappa shape index (κ2) is 4.91. The molecule has 2 unspecified atom stereocenters. The van der Waals surface area contributed by atoms with Gasteiger partial charge in [-0.1, -0.05) is 6.92 Å². The van der Waals surface area contributed by atoms with Gasteiger partial charge < -0.3 is 10.1 Å². The summed E-state index contributed by atoms with van der Waals surface area (Å²) in [6, 6.07) is -0.545. The quantitative estimate of drug-likeness (QED) is 0.622. The molecule has 1 saturated heterocycles. The van der Waals surface area contributed by atoms with Crippen molar-refractivity contribution in [3.63, 3.8) is 0 Å². The van der Waals surface area contributed by atoms with Crippen molar-refractivity contribution >= 4 is 10.0 Å². The number of hydrogen-bond acceptors (Lipinski definition) is 5. The topological polar surface area (TPSA) is 123 Å². The molecule has 0 radical (unpaired) electrons. The molecule has 2 rings (SSSR count). The van der Waals surface area contributed by atoms with Crippen molar-refractivity contribution in [2.24, 2.45) is 5.92 Å². The maximum atomic E-state index is 12.4. The highest BCUT2D eigenvalue weighted by molar-refractivity contribution is 7.89. The third-order valence-corrected chi connectivity index (χ3v) is 5.32. The molecule has 0 spiro atoms. The lowest BCUT2D eigenvalue weighted by atomic mass is 10.0. The van der Waals surface area contributed by atoms with Crippen molar-refractivity contribution in [1.29, 1.82) is 0 Å². The number of aliphatic hydroxyl groups excluding tert-OH is 1. The molecule has 106 valence electrons. The monoisotopic (exact) mass is 289 g/mol. The molecule has 2 atom stereocenters. The number of aromatic nitrogens is 2. The van der Waals surface area contributed by atoms with Crippen LogP contribution in [0.15, 0.2) is 20.7 Å². The fourth-order valence-corrected chi connectivity index (χ4v) is 3.98. The molecule has 1 aliphatic rings. The average molecular weight is 289 g/mol. The van der Waals surface area contributed by atoms with E-state index in [1.807, 2.05) is 11.9 Å². The van der Waals surface area contributed by atoms with Crippen LogP contribution in [0.5, 0.6) is 0 Å². The Labute approximate surface area is 109 Å². The standard InChI is InChI=1S/C10H15N3O5S/c1-6-2-3-13(7(6)5-14)19(17,18)8-4-11-10(16)12-9(8)15/h4,6-7,14H,2-3,5H2,1H3,(H2,11,12,15,16). The lowest BCUT2D eigenvalue weighted by Crippen LogP contribution is -2.42. The second-order valence-corrected chi connectivity index (χ2v) is 6.43. The molecule has 1 fully saturated rings. The lowest BCUT2D eigenvalue weighted by molar-refractivity contribution is 0.191. The minimum absolute atomic E-state index is 0.0154. The number of H-pyrrole nitrogens is 2. The van der Waals surface area contributed by atoms with Crippen LogP contribution in [0.3, 0.4) is 0 Å². The molecule has 8 nitrogen and oxygen atoms in total. The minimum Gasteiger partial charge on any atom is -0.395 e. The first kappa shape index (κ1) is 14.0. The molecule has 1 aromatic rings. The van der Waals surface area contributed by atoms with Crippen molar-refractivity contribution in [2.45, 2.75) is 24.3 Å². The molecule has 1 aliphatic heterocycles. The summed E-state index contributed by atoms with van der Waals surface area (Å²) in [5.41, 5.74) is -1.72. The van der Waals surface area contributed by atoms with Gasteiger partial charge in [-0.05, 0) is 12.3 Å². The van der Waals surface area contributed by atoms with E-state index in [1.54, 1.807) is 0 Å². The Morgan fingerprint density at radius 1 is 1.47 bits per heavy atom. The normalized spacial score (nSPS) is 24.7. The number of hydrogen-bond donors (Lipinski definition) is 3. The Bertz CT molecular complexity index is 677. The molecule has 0 amide bonds. The zero-order valence-electron chi connectivity index (χ0n) is 10.3. The van der Waals surface area contributed by atoms with Crippen LogP contribution in [0.1, 0.15) is 13.3 Å². The predicted octanol–water partition coefficient (Wildman–Crippen LogP) is -1.55. The van der Waals surface area contributed by atoms with Crippen LogP contribution in [0.2, 0.25) is 0 Å². The second-order valence-electron chi connectivity index (χ2n) is 4.57. The van der Waals surface area contributed by atoms with Crippen molar-refractivity contribution in [3.8, 4) is 0 Å². The summed E-state index contributed by atoms with van der Waals surface area (Å²) >= 11 is 0. The van der Waals surface area contributed by atoms with Crippen molar-refractivity contribution in [2.75, 3.05) is 13.2 Å². The van der Waals surface area contributed by atoms with Gasteiger partial charge in [-0.25, -0.2) is 13.2 Å². The van der Waals surface area contributed by atoms with E-state index in [1.165, 1.54) is 0 Å². The first-order valence-electron chi connectivity index (χ1n) is 5.82. The number of sulfonamides is 1. The first-order chi connectivity index (χ1) is 8.87. The first-order valence-corrected chi connectivity index (χ1v) is 7.26. The Hall–Kier alpha value is -1.45. The summed E-state index contributed by atoms with van der Waals surface area (Å²) in [5.74, 6) is 0.0154. The highest BCUT2D eigenvalue weighted by atomic mass is 32.2. The summed E-state index contributed by atoms with van der Waals surface area (Å²) in [7, 11) is -4.02. The summed E-state index contributed by atoms with van der Waals surface area (Å²) in [6.45, 7) is 1.78. The van der Waals surface area contributed by atoms with E-state index in [0.29, 0.717) is 6.42 Å². The van der Waals surface area contributed by atoms with E-state index < -0.39 is 32.2 Å². The van der Waals surface area contributed by atoms with Gasteiger partial charge in [0.2, 0.25) is 10.0 Å². The molecule has 0 aromatic carbocycles. The van der Waals surface area contributed by atoms with Crippen LogP contribution in [-0.4, -0.2) is 47.0 Å². The Kier molecular flexibility index (Phi) is 3.61. The van der Waals surface area contributed by atoms with E-state index in [4.69, 9.17) is 0 Å². The van der Waals surface area contributed by atoms with E-state index in [2.05, 4.69) is 4.98 Å². The van der Waals surface area contributed by atoms with Crippen LogP contribution in [0, 0.1) is 5.92 Å². The number of aromatic amines is 2. The van der Waals surface area contributed by atoms with Gasteiger partial charge in [0.25, 0.3) is 5.56 Å². The minimum atomic E-state index is -4.02. The number of rotatable bonds is 3. The summed E-state index contributed by atoms with van der Waals surface area (Å²) in [5, 5.41) is 9.28. The lowest BCUT2D eigenvalue weighted by Gasteiger charge is -2.23. The summed E-state index contributed by atoms with van der Waals surface area (Å²) in [6.07, 6.45) is 1.50. The Morgan fingerprint density at radius 3 is 2.74 bits per heavy atom. The van der Waals surface area contributed by atoms with Crippen molar-refractivity contribution in [1.82, 2.24) is 14.3 Å². The van der Waals surface area contributed by atoms with Crippen LogP contribution in [-0.2, 0) is 10.0 Å². The van der Waals surface area contributed by atoms with Crippen molar-refractivity contribution in [3.05, 3.63) is 27.0 Å². The molecule has 9 heteroatoms. The zero-order valence-corrected chi connectivity index (χ0v) is 11.1. The van der Waals surface area contributed by atoms with E-state index in [0.717, 1.165) is 10.5 Å². The molecule has 0 bridgehead atoms. The van der Waals surface area contributed by atoms with E-state index in [-0.39, 0.29) is 19.1 Å². The van der Waals surface area contributed by atoms with Gasteiger partial charge in [0.15, 0.2) is 4.90 Å². The fraction of sp³-hybridized carbons (Fsp3) is 0.600. The van der Waals surface area contributed by atoms with Gasteiger partial charge in [-0.3, -0.25) is 9.78 Å². The van der Waals surface area contributed by atoms with Crippen LogP contribution in [0.25, 0.3) is 0 Å². The Balaban J connectivity index is 2.48. The highest BCUT2D eigenvalue weighted by Gasteiger charge is 2.40. The fourth-order valence-electron chi connectivity index (χ4n) is 2.26. The number of nitrogens with zero attached hydrogens (tertiary/aromatic N) is 1. The van der Waals surface area contributed by atoms with Crippen LogP contribution < -0.4 is 11.2 Å². The molecule has 2 heterocycles. The number of aliphatic hydroxyl groups is 1. The van der Waals surface area contributed by atoms with Crippen LogP contribution >= 0.6 is 0 Å². The molecule has 19 heavy (non-hydrogen) atoms.